The van der Waals surface area contributed by atoms with Gasteiger partial charge in [0.25, 0.3) is 5.91 Å². The summed E-state index contributed by atoms with van der Waals surface area (Å²) in [6.07, 6.45) is 0. The zero-order valence-corrected chi connectivity index (χ0v) is 14.1. The minimum atomic E-state index is -0.0685. The van der Waals surface area contributed by atoms with E-state index in [2.05, 4.69) is 20.6 Å². The Morgan fingerprint density at radius 2 is 1.70 bits per heavy atom. The van der Waals surface area contributed by atoms with Crippen molar-refractivity contribution >= 4 is 17.5 Å². The van der Waals surface area contributed by atoms with Gasteiger partial charge in [-0.2, -0.15) is 0 Å². The van der Waals surface area contributed by atoms with Crippen molar-refractivity contribution < 1.29 is 4.79 Å². The van der Waals surface area contributed by atoms with Crippen LogP contribution in [-0.2, 0) is 0 Å². The molecule has 2 aromatic rings. The molecule has 6 nitrogen and oxygen atoms in total. The van der Waals surface area contributed by atoms with Crippen molar-refractivity contribution in [1.29, 1.82) is 0 Å². The lowest BCUT2D eigenvalue weighted by Crippen LogP contribution is -2.31. The molecule has 1 amide bonds. The molecule has 1 heterocycles. The van der Waals surface area contributed by atoms with Crippen LogP contribution in [0.1, 0.15) is 21.7 Å². The van der Waals surface area contributed by atoms with Gasteiger partial charge in [-0.3, -0.25) is 4.79 Å². The van der Waals surface area contributed by atoms with Crippen molar-refractivity contribution in [2.24, 2.45) is 0 Å². The molecular formula is C17H23N5O. The van der Waals surface area contributed by atoms with Gasteiger partial charge in [-0.25, -0.2) is 9.97 Å². The molecular weight excluding hydrogens is 290 g/mol. The highest BCUT2D eigenvalue weighted by Gasteiger charge is 2.06. The minimum Gasteiger partial charge on any atom is -0.351 e. The third-order valence-corrected chi connectivity index (χ3v) is 3.23. The Bertz CT molecular complexity index is 647. The second-order valence-corrected chi connectivity index (χ2v) is 5.74. The van der Waals surface area contributed by atoms with Crippen molar-refractivity contribution in [2.75, 3.05) is 32.5 Å². The summed E-state index contributed by atoms with van der Waals surface area (Å²) in [5, 5.41) is 6.04. The molecule has 122 valence electrons. The maximum Gasteiger partial charge on any atom is 0.251 e. The summed E-state index contributed by atoms with van der Waals surface area (Å²) in [7, 11) is 3.95. The van der Waals surface area contributed by atoms with Crippen molar-refractivity contribution in [3.63, 3.8) is 0 Å². The van der Waals surface area contributed by atoms with Crippen LogP contribution in [0.3, 0.4) is 0 Å². The standard InChI is InChI=1S/C17H23N5O/c1-12-11-13(2)20-17(19-12)21-15-7-5-14(6-8-15)16(23)18-9-10-22(3)4/h5-8,11H,9-10H2,1-4H3,(H,18,23)(H,19,20,21). The van der Waals surface area contributed by atoms with Crippen LogP contribution in [-0.4, -0.2) is 48.0 Å². The highest BCUT2D eigenvalue weighted by atomic mass is 16.1. The van der Waals surface area contributed by atoms with Gasteiger partial charge in [0, 0.05) is 35.7 Å². The van der Waals surface area contributed by atoms with Gasteiger partial charge in [0.15, 0.2) is 0 Å². The molecule has 0 radical (unpaired) electrons. The molecule has 0 unspecified atom stereocenters. The smallest absolute Gasteiger partial charge is 0.251 e. The van der Waals surface area contributed by atoms with Crippen LogP contribution in [0.5, 0.6) is 0 Å². The molecule has 0 aliphatic rings. The number of rotatable bonds is 6. The van der Waals surface area contributed by atoms with E-state index in [1.807, 2.05) is 51.0 Å². The van der Waals surface area contributed by atoms with Crippen LogP contribution in [0.15, 0.2) is 30.3 Å². The van der Waals surface area contributed by atoms with Gasteiger partial charge in [-0.1, -0.05) is 0 Å². The first-order chi connectivity index (χ1) is 10.9. The molecule has 23 heavy (non-hydrogen) atoms. The zero-order chi connectivity index (χ0) is 16.8. The summed E-state index contributed by atoms with van der Waals surface area (Å²) in [5.41, 5.74) is 3.31. The number of carbonyl (C=O) groups excluding carboxylic acids is 1. The summed E-state index contributed by atoms with van der Waals surface area (Å²) in [5.74, 6) is 0.492. The number of aryl methyl sites for hydroxylation is 2. The van der Waals surface area contributed by atoms with Gasteiger partial charge < -0.3 is 15.5 Å². The molecule has 0 bridgehead atoms. The monoisotopic (exact) mass is 313 g/mol. The number of nitrogens with zero attached hydrogens (tertiary/aromatic N) is 3. The molecule has 0 saturated carbocycles. The molecule has 1 aromatic carbocycles. The molecule has 0 saturated heterocycles. The first-order valence-corrected chi connectivity index (χ1v) is 7.56. The van der Waals surface area contributed by atoms with E-state index in [0.717, 1.165) is 23.6 Å². The number of aromatic nitrogens is 2. The number of carbonyl (C=O) groups is 1. The molecule has 0 aliphatic heterocycles. The Morgan fingerprint density at radius 1 is 1.09 bits per heavy atom. The summed E-state index contributed by atoms with van der Waals surface area (Å²) in [6, 6.07) is 9.20. The van der Waals surface area contributed by atoms with Gasteiger partial charge in [-0.05, 0) is 58.3 Å². The Morgan fingerprint density at radius 3 is 2.26 bits per heavy atom. The van der Waals surface area contributed by atoms with Crippen LogP contribution in [0.25, 0.3) is 0 Å². The third-order valence-electron chi connectivity index (χ3n) is 3.23. The van der Waals surface area contributed by atoms with Crippen molar-refractivity contribution in [3.8, 4) is 0 Å². The number of likely N-dealkylation sites (N-methyl/N-ethyl adjacent to an activating group) is 1. The number of hydrogen-bond donors (Lipinski definition) is 2. The van der Waals surface area contributed by atoms with Gasteiger partial charge >= 0.3 is 0 Å². The average Bonchev–Trinajstić information content (AvgIpc) is 2.46. The van der Waals surface area contributed by atoms with Crippen LogP contribution in [0.4, 0.5) is 11.6 Å². The lowest BCUT2D eigenvalue weighted by Gasteiger charge is -2.11. The molecule has 2 N–H and O–H groups in total. The van der Waals surface area contributed by atoms with Crippen molar-refractivity contribution in [1.82, 2.24) is 20.2 Å². The molecule has 6 heteroatoms. The maximum absolute atomic E-state index is 12.0. The molecule has 0 spiro atoms. The fourth-order valence-electron chi connectivity index (χ4n) is 2.11. The van der Waals surface area contributed by atoms with Crippen LogP contribution >= 0.6 is 0 Å². The molecule has 1 aromatic heterocycles. The van der Waals surface area contributed by atoms with E-state index in [4.69, 9.17) is 0 Å². The zero-order valence-electron chi connectivity index (χ0n) is 14.1. The maximum atomic E-state index is 12.0. The normalized spacial score (nSPS) is 10.7. The SMILES string of the molecule is Cc1cc(C)nc(Nc2ccc(C(=O)NCCN(C)C)cc2)n1. The Balaban J connectivity index is 1.97. The third kappa shape index (κ3) is 5.34. The fourth-order valence-corrected chi connectivity index (χ4v) is 2.11. The van der Waals surface area contributed by atoms with Crippen LogP contribution < -0.4 is 10.6 Å². The minimum absolute atomic E-state index is 0.0685. The molecule has 0 aliphatic carbocycles. The second-order valence-electron chi connectivity index (χ2n) is 5.74. The van der Waals surface area contributed by atoms with Crippen LogP contribution in [0.2, 0.25) is 0 Å². The highest BCUT2D eigenvalue weighted by Crippen LogP contribution is 2.14. The predicted molar refractivity (Wildman–Crippen MR) is 92.1 cm³/mol. The van der Waals surface area contributed by atoms with E-state index in [0.29, 0.717) is 18.1 Å². The van der Waals surface area contributed by atoms with Crippen LogP contribution in [0, 0.1) is 13.8 Å². The molecule has 0 atom stereocenters. The lowest BCUT2D eigenvalue weighted by atomic mass is 10.2. The topological polar surface area (TPSA) is 70.2 Å². The average molecular weight is 313 g/mol. The lowest BCUT2D eigenvalue weighted by molar-refractivity contribution is 0.0951. The van der Waals surface area contributed by atoms with Crippen molar-refractivity contribution in [2.45, 2.75) is 13.8 Å². The van der Waals surface area contributed by atoms with Gasteiger partial charge in [0.1, 0.15) is 0 Å². The van der Waals surface area contributed by atoms with E-state index in [1.165, 1.54) is 0 Å². The highest BCUT2D eigenvalue weighted by molar-refractivity contribution is 5.94. The van der Waals surface area contributed by atoms with E-state index in [1.54, 1.807) is 12.1 Å². The summed E-state index contributed by atoms with van der Waals surface area (Å²) >= 11 is 0. The quantitative estimate of drug-likeness (QED) is 0.855. The second kappa shape index (κ2) is 7.69. The van der Waals surface area contributed by atoms with E-state index in [-0.39, 0.29) is 5.91 Å². The number of hydrogen-bond acceptors (Lipinski definition) is 5. The Labute approximate surface area is 137 Å². The Kier molecular flexibility index (Phi) is 5.65. The number of amides is 1. The molecule has 2 rings (SSSR count). The first-order valence-electron chi connectivity index (χ1n) is 7.56. The fraction of sp³-hybridized carbons (Fsp3) is 0.353. The number of anilines is 2. The molecule has 0 fully saturated rings. The number of benzene rings is 1. The predicted octanol–water partition coefficient (Wildman–Crippen LogP) is 2.13. The summed E-state index contributed by atoms with van der Waals surface area (Å²) in [4.78, 5) is 22.7. The Hall–Kier alpha value is -2.47. The largest absolute Gasteiger partial charge is 0.351 e. The van der Waals surface area contributed by atoms with E-state index in [9.17, 15) is 4.79 Å². The van der Waals surface area contributed by atoms with Gasteiger partial charge in [0.2, 0.25) is 5.95 Å². The van der Waals surface area contributed by atoms with Gasteiger partial charge in [-0.15, -0.1) is 0 Å². The van der Waals surface area contributed by atoms with E-state index >= 15 is 0 Å². The van der Waals surface area contributed by atoms with Gasteiger partial charge in [0.05, 0.1) is 0 Å². The first kappa shape index (κ1) is 16.9. The van der Waals surface area contributed by atoms with Crippen molar-refractivity contribution in [3.05, 3.63) is 47.3 Å². The van der Waals surface area contributed by atoms with E-state index < -0.39 is 0 Å². The number of nitrogens with one attached hydrogen (secondary N) is 2. The summed E-state index contributed by atoms with van der Waals surface area (Å²) in [6.45, 7) is 5.31. The summed E-state index contributed by atoms with van der Waals surface area (Å²) < 4.78 is 0.